The number of carbonyl (C=O) groups is 2. The Morgan fingerprint density at radius 2 is 2.07 bits per heavy atom. The number of hydrogen-bond donors (Lipinski definition) is 3. The van der Waals surface area contributed by atoms with Gasteiger partial charge in [-0.05, 0) is 19.1 Å². The monoisotopic (exact) mass is 462 g/mol. The Morgan fingerprint density at radius 1 is 1.41 bits per heavy atom. The molecule has 162 valence electrons. The smallest absolute Gasteiger partial charge is 0.489 e. The summed E-state index contributed by atoms with van der Waals surface area (Å²) in [6.45, 7) is 0.875. The second-order valence-corrected chi connectivity index (χ2v) is 7.98. The lowest BCUT2D eigenvalue weighted by molar-refractivity contribution is -0.0451. The molecular weight excluding hydrogens is 448 g/mol. The van der Waals surface area contributed by atoms with Crippen molar-refractivity contribution < 1.29 is 40.3 Å². The largest absolute Gasteiger partial charge is 0.511 e. The van der Waals surface area contributed by atoms with Gasteiger partial charge in [-0.3, -0.25) is 10.2 Å². The van der Waals surface area contributed by atoms with Gasteiger partial charge in [0.25, 0.3) is 5.91 Å². The minimum atomic E-state index is -5.61. The van der Waals surface area contributed by atoms with E-state index in [-0.39, 0.29) is 17.1 Å². The minimum Gasteiger partial charge on any atom is -0.489 e. The highest BCUT2D eigenvalue weighted by molar-refractivity contribution is 7.90. The zero-order valence-corrected chi connectivity index (χ0v) is 16.2. The number of ether oxygens (including phenoxy) is 1. The highest BCUT2D eigenvalue weighted by Gasteiger charge is 2.46. The lowest BCUT2D eigenvalue weighted by Gasteiger charge is -2.18. The number of nitrogens with one attached hydrogen (secondary N) is 3. The summed E-state index contributed by atoms with van der Waals surface area (Å²) in [5.41, 5.74) is -3.54. The SMILES string of the molecule is C[C@@H](COc1cc(C(=O)NN2CCNC2=O)c(Cl)cc1F)NS(=O)(=O)C(F)(F)F. The lowest BCUT2D eigenvalue weighted by Crippen LogP contribution is -2.44. The molecule has 0 saturated carbocycles. The van der Waals surface area contributed by atoms with Gasteiger partial charge < -0.3 is 10.1 Å². The van der Waals surface area contributed by atoms with Crippen LogP contribution in [0, 0.1) is 5.82 Å². The number of carbonyl (C=O) groups excluding carboxylic acids is 2. The molecule has 9 nitrogen and oxygen atoms in total. The molecule has 29 heavy (non-hydrogen) atoms. The van der Waals surface area contributed by atoms with E-state index in [1.54, 1.807) is 0 Å². The summed E-state index contributed by atoms with van der Waals surface area (Å²) >= 11 is 5.83. The van der Waals surface area contributed by atoms with Crippen molar-refractivity contribution >= 4 is 33.6 Å². The summed E-state index contributed by atoms with van der Waals surface area (Å²) in [6, 6.07) is -0.312. The van der Waals surface area contributed by atoms with Crippen molar-refractivity contribution in [1.29, 1.82) is 0 Å². The fraction of sp³-hybridized carbons (Fsp3) is 0.429. The van der Waals surface area contributed by atoms with Crippen LogP contribution in [0.4, 0.5) is 22.4 Å². The number of sulfonamides is 1. The number of hydrogen-bond acceptors (Lipinski definition) is 5. The molecule has 1 aliphatic rings. The predicted octanol–water partition coefficient (Wildman–Crippen LogP) is 1.36. The Bertz CT molecular complexity index is 912. The van der Waals surface area contributed by atoms with Crippen molar-refractivity contribution in [3.63, 3.8) is 0 Å². The number of alkyl halides is 3. The van der Waals surface area contributed by atoms with Gasteiger partial charge in [0.1, 0.15) is 6.61 Å². The highest BCUT2D eigenvalue weighted by Crippen LogP contribution is 2.27. The van der Waals surface area contributed by atoms with E-state index in [0.29, 0.717) is 6.54 Å². The first kappa shape index (κ1) is 23.0. The molecule has 1 aromatic carbocycles. The molecule has 0 radical (unpaired) electrons. The van der Waals surface area contributed by atoms with Crippen LogP contribution in [-0.2, 0) is 10.0 Å². The number of nitrogens with zero attached hydrogens (tertiary/aromatic N) is 1. The number of hydrazine groups is 1. The van der Waals surface area contributed by atoms with Gasteiger partial charge in [-0.1, -0.05) is 11.6 Å². The molecule has 1 heterocycles. The molecule has 1 fully saturated rings. The van der Waals surface area contributed by atoms with Crippen molar-refractivity contribution in [3.8, 4) is 5.75 Å². The summed E-state index contributed by atoms with van der Waals surface area (Å²) < 4.78 is 79.5. The zero-order valence-electron chi connectivity index (χ0n) is 14.6. The Labute approximate surface area is 167 Å². The molecule has 3 N–H and O–H groups in total. The van der Waals surface area contributed by atoms with E-state index in [9.17, 15) is 35.6 Å². The first-order valence-electron chi connectivity index (χ1n) is 7.88. The Hall–Kier alpha value is -2.32. The van der Waals surface area contributed by atoms with Crippen LogP contribution < -0.4 is 20.2 Å². The van der Waals surface area contributed by atoms with Crippen molar-refractivity contribution in [3.05, 3.63) is 28.5 Å². The van der Waals surface area contributed by atoms with Crippen molar-refractivity contribution in [2.45, 2.75) is 18.5 Å². The van der Waals surface area contributed by atoms with Crippen LogP contribution in [0.1, 0.15) is 17.3 Å². The van der Waals surface area contributed by atoms with E-state index in [0.717, 1.165) is 24.1 Å². The average molecular weight is 463 g/mol. The van der Waals surface area contributed by atoms with Gasteiger partial charge in [-0.15, -0.1) is 0 Å². The maximum atomic E-state index is 14.0. The van der Waals surface area contributed by atoms with E-state index >= 15 is 0 Å². The molecule has 1 aliphatic heterocycles. The fourth-order valence-electron chi connectivity index (χ4n) is 2.16. The molecule has 3 amide bonds. The van der Waals surface area contributed by atoms with Crippen molar-refractivity contribution in [2.24, 2.45) is 0 Å². The van der Waals surface area contributed by atoms with Crippen LogP contribution in [-0.4, -0.2) is 56.6 Å². The Morgan fingerprint density at radius 3 is 2.62 bits per heavy atom. The van der Waals surface area contributed by atoms with Crippen LogP contribution in [0.3, 0.4) is 0 Å². The molecule has 0 unspecified atom stereocenters. The average Bonchev–Trinajstić information content (AvgIpc) is 2.97. The molecule has 1 saturated heterocycles. The Balaban J connectivity index is 2.08. The van der Waals surface area contributed by atoms with Gasteiger partial charge in [0.2, 0.25) is 0 Å². The standard InChI is InChI=1S/C14H15ClF4N4O5S/c1-7(22-29(26,27)14(17,18)19)6-28-11-4-8(9(15)5-10(11)16)12(24)21-23-3-2-20-13(23)25/h4-5,7,22H,2-3,6H2,1H3,(H,20,25)(H,21,24)/t7-/m0/s1. The molecule has 15 heteroatoms. The number of benzene rings is 1. The first-order valence-corrected chi connectivity index (χ1v) is 9.74. The van der Waals surface area contributed by atoms with E-state index < -0.39 is 51.7 Å². The normalized spacial score (nSPS) is 15.8. The molecule has 0 bridgehead atoms. The van der Waals surface area contributed by atoms with Gasteiger partial charge >= 0.3 is 21.6 Å². The topological polar surface area (TPSA) is 117 Å². The molecule has 0 aromatic heterocycles. The molecule has 2 rings (SSSR count). The lowest BCUT2D eigenvalue weighted by atomic mass is 10.2. The molecule has 1 aromatic rings. The van der Waals surface area contributed by atoms with Crippen LogP contribution in [0.2, 0.25) is 5.02 Å². The second-order valence-electron chi connectivity index (χ2n) is 5.87. The maximum absolute atomic E-state index is 14.0. The third-order valence-corrected chi connectivity index (χ3v) is 5.14. The summed E-state index contributed by atoms with van der Waals surface area (Å²) in [6.07, 6.45) is 0. The van der Waals surface area contributed by atoms with Gasteiger partial charge in [0.15, 0.2) is 11.6 Å². The quantitative estimate of drug-likeness (QED) is 0.529. The van der Waals surface area contributed by atoms with E-state index in [1.165, 1.54) is 4.72 Å². The van der Waals surface area contributed by atoms with Crippen LogP contribution in [0.5, 0.6) is 5.75 Å². The number of urea groups is 1. The Kier molecular flexibility index (Phi) is 6.80. The second kappa shape index (κ2) is 8.59. The van der Waals surface area contributed by atoms with E-state index in [4.69, 9.17) is 16.3 Å². The first-order chi connectivity index (χ1) is 13.3. The van der Waals surface area contributed by atoms with Crippen molar-refractivity contribution in [1.82, 2.24) is 20.5 Å². The molecule has 0 aliphatic carbocycles. The number of rotatable bonds is 7. The van der Waals surface area contributed by atoms with E-state index in [2.05, 4.69) is 10.7 Å². The van der Waals surface area contributed by atoms with Gasteiger partial charge in [-0.2, -0.15) is 13.2 Å². The van der Waals surface area contributed by atoms with Crippen molar-refractivity contribution in [2.75, 3.05) is 19.7 Å². The van der Waals surface area contributed by atoms with E-state index in [1.807, 2.05) is 0 Å². The molecule has 1 atom stereocenters. The summed E-state index contributed by atoms with van der Waals surface area (Å²) in [5.74, 6) is -2.44. The number of amides is 3. The third-order valence-electron chi connectivity index (χ3n) is 3.51. The maximum Gasteiger partial charge on any atom is 0.511 e. The van der Waals surface area contributed by atoms with Crippen LogP contribution in [0.25, 0.3) is 0 Å². The van der Waals surface area contributed by atoms with Gasteiger partial charge in [0.05, 0.1) is 23.2 Å². The minimum absolute atomic E-state index is 0.184. The predicted molar refractivity (Wildman–Crippen MR) is 92.0 cm³/mol. The highest BCUT2D eigenvalue weighted by atomic mass is 35.5. The number of halogens is 5. The zero-order chi connectivity index (χ0) is 22.0. The summed E-state index contributed by atoms with van der Waals surface area (Å²) in [5, 5.41) is 3.10. The van der Waals surface area contributed by atoms with Gasteiger partial charge in [-0.25, -0.2) is 27.3 Å². The summed E-state index contributed by atoms with van der Waals surface area (Å²) in [4.78, 5) is 23.7. The van der Waals surface area contributed by atoms with Gasteiger partial charge in [0, 0.05) is 6.54 Å². The third kappa shape index (κ3) is 5.61. The van der Waals surface area contributed by atoms with Crippen LogP contribution >= 0.6 is 11.6 Å². The fourth-order valence-corrected chi connectivity index (χ4v) is 3.12. The summed E-state index contributed by atoms with van der Waals surface area (Å²) in [7, 11) is -5.61. The molecular formula is C14H15ClF4N4O5S. The van der Waals surface area contributed by atoms with Crippen LogP contribution in [0.15, 0.2) is 12.1 Å². The molecule has 0 spiro atoms.